The summed E-state index contributed by atoms with van der Waals surface area (Å²) in [6.45, 7) is 0. The molecule has 3 rings (SSSR count). The standard InChI is InChI=1S/C18H15NO2/c1-21-18-12-11-14-7-5-6-10-16(14)17(18)13-19(20)15-8-3-2-4-9-15/h2-13H,1H3/b19-13-. The molecule has 0 aliphatic rings. The number of rotatable bonds is 3. The van der Waals surface area contributed by atoms with Crippen molar-refractivity contribution in [3.63, 3.8) is 0 Å². The van der Waals surface area contributed by atoms with Crippen molar-refractivity contribution in [2.24, 2.45) is 0 Å². The minimum absolute atomic E-state index is 0.590. The van der Waals surface area contributed by atoms with E-state index in [1.165, 1.54) is 0 Å². The second-order valence-corrected chi connectivity index (χ2v) is 4.69. The molecule has 0 aliphatic heterocycles. The lowest BCUT2D eigenvalue weighted by Crippen LogP contribution is -2.01. The van der Waals surface area contributed by atoms with E-state index < -0.39 is 0 Å². The molecule has 3 aromatic rings. The Morgan fingerprint density at radius 2 is 1.62 bits per heavy atom. The number of benzene rings is 3. The predicted octanol–water partition coefficient (Wildman–Crippen LogP) is 4.11. The highest BCUT2D eigenvalue weighted by Gasteiger charge is 2.10. The Bertz CT molecular complexity index is 795. The second kappa shape index (κ2) is 5.67. The van der Waals surface area contributed by atoms with Gasteiger partial charge in [0.25, 0.3) is 0 Å². The fourth-order valence-electron chi connectivity index (χ4n) is 2.35. The average Bonchev–Trinajstić information content (AvgIpc) is 2.56. The van der Waals surface area contributed by atoms with Crippen LogP contribution in [0.3, 0.4) is 0 Å². The van der Waals surface area contributed by atoms with Crippen molar-refractivity contribution in [3.05, 3.63) is 77.5 Å². The molecule has 0 aliphatic carbocycles. The van der Waals surface area contributed by atoms with Crippen LogP contribution in [0.2, 0.25) is 0 Å². The molecule has 21 heavy (non-hydrogen) atoms. The zero-order valence-corrected chi connectivity index (χ0v) is 11.7. The first-order valence-electron chi connectivity index (χ1n) is 6.71. The van der Waals surface area contributed by atoms with Crippen LogP contribution in [-0.2, 0) is 0 Å². The molecule has 0 amide bonds. The third kappa shape index (κ3) is 2.58. The molecule has 3 nitrogen and oxygen atoms in total. The van der Waals surface area contributed by atoms with Gasteiger partial charge in [-0.1, -0.05) is 48.5 Å². The van der Waals surface area contributed by atoms with E-state index in [1.807, 2.05) is 54.6 Å². The number of ether oxygens (including phenoxy) is 1. The smallest absolute Gasteiger partial charge is 0.216 e. The molecule has 0 saturated heterocycles. The van der Waals surface area contributed by atoms with Crippen molar-refractivity contribution in [2.75, 3.05) is 7.11 Å². The maximum absolute atomic E-state index is 12.3. The van der Waals surface area contributed by atoms with Crippen molar-refractivity contribution in [3.8, 4) is 5.75 Å². The average molecular weight is 277 g/mol. The molecular weight excluding hydrogens is 262 g/mol. The number of hydrogen-bond donors (Lipinski definition) is 0. The lowest BCUT2D eigenvalue weighted by molar-refractivity contribution is -0.354. The minimum atomic E-state index is 0.590. The van der Waals surface area contributed by atoms with Crippen LogP contribution in [0, 0.1) is 5.21 Å². The van der Waals surface area contributed by atoms with E-state index in [4.69, 9.17) is 4.74 Å². The van der Waals surface area contributed by atoms with Crippen molar-refractivity contribution < 1.29 is 9.48 Å². The van der Waals surface area contributed by atoms with Gasteiger partial charge in [-0.3, -0.25) is 0 Å². The molecule has 0 N–H and O–H groups in total. The fraction of sp³-hybridized carbons (Fsp3) is 0.0556. The Kier molecular flexibility index (Phi) is 3.56. The molecule has 3 aromatic carbocycles. The zero-order chi connectivity index (χ0) is 14.7. The summed E-state index contributed by atoms with van der Waals surface area (Å²) in [6.07, 6.45) is 1.57. The van der Waals surface area contributed by atoms with E-state index in [0.29, 0.717) is 11.4 Å². The Labute approximate surface area is 123 Å². The molecule has 0 radical (unpaired) electrons. The summed E-state index contributed by atoms with van der Waals surface area (Å²) in [5.74, 6) is 0.686. The number of fused-ring (bicyclic) bond motifs is 1. The van der Waals surface area contributed by atoms with Gasteiger partial charge in [0, 0.05) is 12.1 Å². The molecule has 3 heteroatoms. The van der Waals surface area contributed by atoms with Crippen LogP contribution < -0.4 is 4.74 Å². The number of para-hydroxylation sites is 1. The fourth-order valence-corrected chi connectivity index (χ4v) is 2.35. The minimum Gasteiger partial charge on any atom is -0.618 e. The van der Waals surface area contributed by atoms with Gasteiger partial charge in [0.1, 0.15) is 5.75 Å². The molecule has 0 saturated carbocycles. The number of hydrogen-bond acceptors (Lipinski definition) is 2. The highest BCUT2D eigenvalue weighted by Crippen LogP contribution is 2.26. The van der Waals surface area contributed by atoms with Gasteiger partial charge in [-0.25, -0.2) is 0 Å². The summed E-state index contributed by atoms with van der Waals surface area (Å²) in [5.41, 5.74) is 1.38. The number of nitrogens with zero attached hydrogens (tertiary/aromatic N) is 1. The SMILES string of the molecule is COc1ccc2ccccc2c1/C=[N+](\[O-])c1ccccc1. The summed E-state index contributed by atoms with van der Waals surface area (Å²) in [4.78, 5) is 0. The first-order valence-corrected chi connectivity index (χ1v) is 6.71. The van der Waals surface area contributed by atoms with Gasteiger partial charge < -0.3 is 9.94 Å². The van der Waals surface area contributed by atoms with Gasteiger partial charge in [-0.2, -0.15) is 4.74 Å². The Hall–Kier alpha value is -2.81. The molecule has 0 fully saturated rings. The Balaban J connectivity index is 2.19. The summed E-state index contributed by atoms with van der Waals surface area (Å²) in [6, 6.07) is 20.9. The molecule has 0 spiro atoms. The summed E-state index contributed by atoms with van der Waals surface area (Å²) in [5, 5.41) is 14.4. The van der Waals surface area contributed by atoms with E-state index in [0.717, 1.165) is 21.1 Å². The quantitative estimate of drug-likeness (QED) is 0.312. The summed E-state index contributed by atoms with van der Waals surface area (Å²) >= 11 is 0. The Morgan fingerprint density at radius 1 is 0.905 bits per heavy atom. The van der Waals surface area contributed by atoms with Crippen molar-refractivity contribution >= 4 is 22.7 Å². The van der Waals surface area contributed by atoms with Gasteiger partial charge >= 0.3 is 0 Å². The second-order valence-electron chi connectivity index (χ2n) is 4.69. The van der Waals surface area contributed by atoms with Crippen LogP contribution in [0.1, 0.15) is 5.56 Å². The molecule has 104 valence electrons. The molecule has 0 atom stereocenters. The van der Waals surface area contributed by atoms with Crippen LogP contribution in [0.4, 0.5) is 5.69 Å². The number of methoxy groups -OCH3 is 1. The lowest BCUT2D eigenvalue weighted by Gasteiger charge is -2.09. The monoisotopic (exact) mass is 277 g/mol. The zero-order valence-electron chi connectivity index (χ0n) is 11.7. The van der Waals surface area contributed by atoms with Crippen LogP contribution in [-0.4, -0.2) is 18.1 Å². The third-order valence-electron chi connectivity index (χ3n) is 3.41. The van der Waals surface area contributed by atoms with Gasteiger partial charge in [0.05, 0.1) is 12.7 Å². The first-order chi connectivity index (χ1) is 10.3. The van der Waals surface area contributed by atoms with Crippen LogP contribution in [0.15, 0.2) is 66.7 Å². The summed E-state index contributed by atoms with van der Waals surface area (Å²) < 4.78 is 6.26. The molecular formula is C18H15NO2. The lowest BCUT2D eigenvalue weighted by atomic mass is 10.0. The first kappa shape index (κ1) is 13.2. The Morgan fingerprint density at radius 3 is 2.38 bits per heavy atom. The van der Waals surface area contributed by atoms with Crippen molar-refractivity contribution in [2.45, 2.75) is 0 Å². The van der Waals surface area contributed by atoms with Crippen LogP contribution in [0.25, 0.3) is 10.8 Å². The topological polar surface area (TPSA) is 35.3 Å². The van der Waals surface area contributed by atoms with Crippen molar-refractivity contribution in [1.29, 1.82) is 0 Å². The van der Waals surface area contributed by atoms with E-state index in [-0.39, 0.29) is 0 Å². The highest BCUT2D eigenvalue weighted by molar-refractivity contribution is 6.01. The largest absolute Gasteiger partial charge is 0.618 e. The molecule has 0 unspecified atom stereocenters. The third-order valence-corrected chi connectivity index (χ3v) is 3.41. The maximum Gasteiger partial charge on any atom is 0.216 e. The van der Waals surface area contributed by atoms with Crippen LogP contribution in [0.5, 0.6) is 5.75 Å². The normalized spacial score (nSPS) is 11.6. The van der Waals surface area contributed by atoms with Gasteiger partial charge in [0.15, 0.2) is 6.21 Å². The highest BCUT2D eigenvalue weighted by atomic mass is 16.5. The van der Waals surface area contributed by atoms with E-state index >= 15 is 0 Å². The van der Waals surface area contributed by atoms with E-state index in [9.17, 15) is 5.21 Å². The van der Waals surface area contributed by atoms with Gasteiger partial charge in [-0.15, -0.1) is 0 Å². The van der Waals surface area contributed by atoms with Gasteiger partial charge in [0.2, 0.25) is 5.69 Å². The van der Waals surface area contributed by atoms with Crippen LogP contribution >= 0.6 is 0 Å². The van der Waals surface area contributed by atoms with Crippen molar-refractivity contribution in [1.82, 2.24) is 0 Å². The van der Waals surface area contributed by atoms with Gasteiger partial charge in [-0.05, 0) is 16.8 Å². The van der Waals surface area contributed by atoms with E-state index in [2.05, 4.69) is 0 Å². The van der Waals surface area contributed by atoms with E-state index in [1.54, 1.807) is 25.5 Å². The maximum atomic E-state index is 12.3. The predicted molar refractivity (Wildman–Crippen MR) is 85.4 cm³/mol. The molecule has 0 aromatic heterocycles. The molecule has 0 bridgehead atoms. The molecule has 0 heterocycles. The summed E-state index contributed by atoms with van der Waals surface area (Å²) in [7, 11) is 1.61.